The number of rotatable bonds is 7. The number of amides is 1. The largest absolute Gasteiger partial charge is 0.467 e. The van der Waals surface area contributed by atoms with Crippen molar-refractivity contribution in [1.29, 1.82) is 0 Å². The molecule has 0 saturated heterocycles. The molecule has 0 bridgehead atoms. The number of hydrogen-bond acceptors (Lipinski definition) is 4. The number of nitrogens with one attached hydrogen (secondary N) is 1. The van der Waals surface area contributed by atoms with E-state index in [-0.39, 0.29) is 23.9 Å². The van der Waals surface area contributed by atoms with Gasteiger partial charge in [-0.3, -0.25) is 4.79 Å². The molecule has 3 rings (SSSR count). The first-order valence-electron chi connectivity index (χ1n) is 8.81. The zero-order chi connectivity index (χ0) is 20.1. The fourth-order valence-electron chi connectivity index (χ4n) is 2.66. The van der Waals surface area contributed by atoms with Gasteiger partial charge in [0.15, 0.2) is 0 Å². The number of furan rings is 1. The maximum atomic E-state index is 12.8. The summed E-state index contributed by atoms with van der Waals surface area (Å²) in [5.74, 6) is 0.228. The third-order valence-electron chi connectivity index (χ3n) is 4.29. The molecule has 1 aromatic heterocycles. The van der Waals surface area contributed by atoms with E-state index in [9.17, 15) is 13.2 Å². The van der Waals surface area contributed by atoms with Gasteiger partial charge in [-0.15, -0.1) is 0 Å². The van der Waals surface area contributed by atoms with Crippen LogP contribution in [0, 0.1) is 13.8 Å². The van der Waals surface area contributed by atoms with Crippen LogP contribution in [0.1, 0.15) is 16.9 Å². The Balaban J connectivity index is 1.77. The van der Waals surface area contributed by atoms with Crippen LogP contribution >= 0.6 is 0 Å². The van der Waals surface area contributed by atoms with E-state index in [1.54, 1.807) is 24.3 Å². The molecular weight excluding hydrogens is 376 g/mol. The highest BCUT2D eigenvalue weighted by Crippen LogP contribution is 2.19. The molecule has 146 valence electrons. The Kier molecular flexibility index (Phi) is 5.96. The highest BCUT2D eigenvalue weighted by atomic mass is 32.2. The fraction of sp³-hybridized carbons (Fsp3) is 0.190. The predicted molar refractivity (Wildman–Crippen MR) is 107 cm³/mol. The van der Waals surface area contributed by atoms with E-state index >= 15 is 0 Å². The minimum atomic E-state index is -3.78. The number of benzene rings is 2. The molecule has 0 spiro atoms. The van der Waals surface area contributed by atoms with E-state index in [0.29, 0.717) is 11.4 Å². The molecule has 0 unspecified atom stereocenters. The number of hydrogen-bond donors (Lipinski definition) is 1. The molecule has 1 N–H and O–H groups in total. The van der Waals surface area contributed by atoms with E-state index in [1.165, 1.54) is 23.3 Å². The summed E-state index contributed by atoms with van der Waals surface area (Å²) in [7, 11) is -3.78. The monoisotopic (exact) mass is 398 g/mol. The lowest BCUT2D eigenvalue weighted by Gasteiger charge is -2.22. The molecule has 0 saturated carbocycles. The molecule has 7 heteroatoms. The second kappa shape index (κ2) is 8.41. The average molecular weight is 398 g/mol. The van der Waals surface area contributed by atoms with Crippen molar-refractivity contribution in [1.82, 2.24) is 4.72 Å². The van der Waals surface area contributed by atoms with Gasteiger partial charge < -0.3 is 9.32 Å². The average Bonchev–Trinajstić information content (AvgIpc) is 3.19. The topological polar surface area (TPSA) is 79.6 Å². The molecule has 0 aliphatic carbocycles. The van der Waals surface area contributed by atoms with E-state index in [2.05, 4.69) is 4.72 Å². The Morgan fingerprint density at radius 3 is 2.14 bits per heavy atom. The zero-order valence-electron chi connectivity index (χ0n) is 15.8. The van der Waals surface area contributed by atoms with Crippen LogP contribution < -0.4 is 9.62 Å². The second-order valence-electron chi connectivity index (χ2n) is 6.53. The summed E-state index contributed by atoms with van der Waals surface area (Å²) < 4.78 is 32.7. The molecule has 3 aromatic rings. The van der Waals surface area contributed by atoms with Gasteiger partial charge in [-0.1, -0.05) is 35.4 Å². The number of nitrogens with zero attached hydrogens (tertiary/aromatic N) is 1. The maximum absolute atomic E-state index is 12.8. The van der Waals surface area contributed by atoms with Crippen molar-refractivity contribution < 1.29 is 17.6 Å². The van der Waals surface area contributed by atoms with E-state index in [4.69, 9.17) is 4.42 Å². The van der Waals surface area contributed by atoms with Crippen molar-refractivity contribution >= 4 is 21.6 Å². The van der Waals surface area contributed by atoms with Crippen LogP contribution in [0.25, 0.3) is 0 Å². The van der Waals surface area contributed by atoms with Gasteiger partial charge in [-0.05, 0) is 50.2 Å². The van der Waals surface area contributed by atoms with Crippen molar-refractivity contribution in [2.45, 2.75) is 25.3 Å². The van der Waals surface area contributed by atoms with Crippen LogP contribution in [-0.4, -0.2) is 20.9 Å². The highest BCUT2D eigenvalue weighted by Gasteiger charge is 2.21. The van der Waals surface area contributed by atoms with Crippen molar-refractivity contribution in [3.8, 4) is 0 Å². The Bertz CT molecular complexity index is 1030. The van der Waals surface area contributed by atoms with E-state index < -0.39 is 10.0 Å². The summed E-state index contributed by atoms with van der Waals surface area (Å²) in [6.45, 7) is 3.69. The lowest BCUT2D eigenvalue weighted by molar-refractivity contribution is -0.117. The summed E-state index contributed by atoms with van der Waals surface area (Å²) >= 11 is 0. The molecule has 0 aliphatic heterocycles. The van der Waals surface area contributed by atoms with Gasteiger partial charge in [0, 0.05) is 5.69 Å². The van der Waals surface area contributed by atoms with Crippen molar-refractivity contribution in [3.63, 3.8) is 0 Å². The number of carbonyl (C=O) groups is 1. The first-order chi connectivity index (χ1) is 13.3. The molecule has 2 aromatic carbocycles. The molecule has 28 heavy (non-hydrogen) atoms. The molecule has 0 atom stereocenters. The summed E-state index contributed by atoms with van der Waals surface area (Å²) in [4.78, 5) is 14.5. The summed E-state index contributed by atoms with van der Waals surface area (Å²) in [5.41, 5.74) is 2.69. The van der Waals surface area contributed by atoms with E-state index in [1.807, 2.05) is 38.1 Å². The van der Waals surface area contributed by atoms with Crippen LogP contribution in [0.15, 0.2) is 76.2 Å². The van der Waals surface area contributed by atoms with Gasteiger partial charge in [0.05, 0.1) is 24.2 Å². The van der Waals surface area contributed by atoms with Gasteiger partial charge in [0.1, 0.15) is 5.76 Å². The molecule has 0 radical (unpaired) electrons. The number of carbonyl (C=O) groups excluding carboxylic acids is 1. The van der Waals surface area contributed by atoms with Crippen LogP contribution in [0.3, 0.4) is 0 Å². The molecule has 0 fully saturated rings. The Labute approximate surface area is 164 Å². The first-order valence-corrected chi connectivity index (χ1v) is 10.3. The van der Waals surface area contributed by atoms with Crippen molar-refractivity contribution in [2.24, 2.45) is 0 Å². The van der Waals surface area contributed by atoms with Gasteiger partial charge in [0.25, 0.3) is 0 Å². The number of aryl methyl sites for hydroxylation is 2. The standard InChI is InChI=1S/C21H22N2O4S/c1-16-5-9-18(10-6-16)23(15-19-4-3-13-27-19)21(24)14-22-28(25,26)20-11-7-17(2)8-12-20/h3-13,22H,14-15H2,1-2H3. The maximum Gasteiger partial charge on any atom is 0.242 e. The van der Waals surface area contributed by atoms with Crippen LogP contribution in [0.4, 0.5) is 5.69 Å². The minimum Gasteiger partial charge on any atom is -0.467 e. The zero-order valence-corrected chi connectivity index (χ0v) is 16.6. The van der Waals surface area contributed by atoms with Crippen molar-refractivity contribution in [3.05, 3.63) is 83.8 Å². The molecule has 1 amide bonds. The van der Waals surface area contributed by atoms with Crippen molar-refractivity contribution in [2.75, 3.05) is 11.4 Å². The van der Waals surface area contributed by atoms with Crippen LogP contribution in [-0.2, 0) is 21.4 Å². The summed E-state index contributed by atoms with van der Waals surface area (Å²) in [6, 6.07) is 17.4. The molecule has 6 nitrogen and oxygen atoms in total. The molecule has 0 aliphatic rings. The first kappa shape index (κ1) is 19.9. The Morgan fingerprint density at radius 1 is 0.964 bits per heavy atom. The van der Waals surface area contributed by atoms with Crippen LogP contribution in [0.5, 0.6) is 0 Å². The van der Waals surface area contributed by atoms with Gasteiger partial charge in [-0.2, -0.15) is 0 Å². The summed E-state index contributed by atoms with van der Waals surface area (Å²) in [6.07, 6.45) is 1.53. The van der Waals surface area contributed by atoms with Gasteiger partial charge in [-0.25, -0.2) is 13.1 Å². The SMILES string of the molecule is Cc1ccc(N(Cc2ccco2)C(=O)CNS(=O)(=O)c2ccc(C)cc2)cc1. The lowest BCUT2D eigenvalue weighted by Crippen LogP contribution is -2.40. The van der Waals surface area contributed by atoms with Gasteiger partial charge in [0.2, 0.25) is 15.9 Å². The fourth-order valence-corrected chi connectivity index (χ4v) is 3.63. The van der Waals surface area contributed by atoms with Crippen LogP contribution in [0.2, 0.25) is 0 Å². The lowest BCUT2D eigenvalue weighted by atomic mass is 10.2. The quantitative estimate of drug-likeness (QED) is 0.661. The molecular formula is C21H22N2O4S. The minimum absolute atomic E-state index is 0.124. The summed E-state index contributed by atoms with van der Waals surface area (Å²) in [5, 5.41) is 0. The second-order valence-corrected chi connectivity index (χ2v) is 8.30. The number of anilines is 1. The third-order valence-corrected chi connectivity index (χ3v) is 5.70. The third kappa shape index (κ3) is 4.88. The normalized spacial score (nSPS) is 11.4. The number of sulfonamides is 1. The Morgan fingerprint density at radius 2 is 1.57 bits per heavy atom. The predicted octanol–water partition coefficient (Wildman–Crippen LogP) is 3.41. The highest BCUT2D eigenvalue weighted by molar-refractivity contribution is 7.89. The Hall–Kier alpha value is -2.90. The smallest absolute Gasteiger partial charge is 0.242 e. The van der Waals surface area contributed by atoms with Gasteiger partial charge >= 0.3 is 0 Å². The van der Waals surface area contributed by atoms with E-state index in [0.717, 1.165) is 11.1 Å². The molecule has 1 heterocycles.